The van der Waals surface area contributed by atoms with Crippen LogP contribution in [0.5, 0.6) is 0 Å². The molecule has 0 unspecified atom stereocenters. The SMILES string of the molecule is Cc1cc(-n2cc([N+](=O)[O-])c(C(=O)O)n2)nc(C(C)C)n1. The highest BCUT2D eigenvalue weighted by Crippen LogP contribution is 2.20. The van der Waals surface area contributed by atoms with Crippen molar-refractivity contribution in [3.8, 4) is 5.82 Å². The zero-order chi connectivity index (χ0) is 15.7. The van der Waals surface area contributed by atoms with Crippen molar-refractivity contribution in [2.45, 2.75) is 26.7 Å². The van der Waals surface area contributed by atoms with E-state index < -0.39 is 22.3 Å². The predicted molar refractivity (Wildman–Crippen MR) is 71.6 cm³/mol. The number of hydrogen-bond donors (Lipinski definition) is 1. The van der Waals surface area contributed by atoms with Crippen LogP contribution in [0.25, 0.3) is 5.82 Å². The Morgan fingerprint density at radius 1 is 1.43 bits per heavy atom. The number of aryl methyl sites for hydroxylation is 1. The van der Waals surface area contributed by atoms with Gasteiger partial charge in [0, 0.05) is 17.7 Å². The second kappa shape index (κ2) is 5.27. The zero-order valence-corrected chi connectivity index (χ0v) is 11.6. The molecule has 1 N–H and O–H groups in total. The lowest BCUT2D eigenvalue weighted by Gasteiger charge is -2.07. The molecule has 21 heavy (non-hydrogen) atoms. The molecule has 0 aliphatic carbocycles. The summed E-state index contributed by atoms with van der Waals surface area (Å²) in [4.78, 5) is 29.6. The molecular weight excluding hydrogens is 278 g/mol. The van der Waals surface area contributed by atoms with Gasteiger partial charge in [-0.1, -0.05) is 13.8 Å². The molecule has 0 bridgehead atoms. The monoisotopic (exact) mass is 291 g/mol. The summed E-state index contributed by atoms with van der Waals surface area (Å²) in [6.07, 6.45) is 1.04. The van der Waals surface area contributed by atoms with Gasteiger partial charge in [-0.2, -0.15) is 5.10 Å². The van der Waals surface area contributed by atoms with Crippen molar-refractivity contribution in [3.05, 3.63) is 39.6 Å². The number of rotatable bonds is 4. The molecule has 0 aromatic carbocycles. The predicted octanol–water partition coefficient (Wildman–Crippen LogP) is 1.70. The number of carboxylic acids is 1. The first-order chi connectivity index (χ1) is 9.79. The van der Waals surface area contributed by atoms with Gasteiger partial charge in [0.2, 0.25) is 5.69 Å². The highest BCUT2D eigenvalue weighted by Gasteiger charge is 2.26. The van der Waals surface area contributed by atoms with E-state index in [0.717, 1.165) is 10.9 Å². The summed E-state index contributed by atoms with van der Waals surface area (Å²) in [5.74, 6) is -0.551. The van der Waals surface area contributed by atoms with E-state index >= 15 is 0 Å². The van der Waals surface area contributed by atoms with Crippen molar-refractivity contribution in [2.75, 3.05) is 0 Å². The number of hydrogen-bond acceptors (Lipinski definition) is 6. The fraction of sp³-hybridized carbons (Fsp3) is 0.333. The van der Waals surface area contributed by atoms with Crippen LogP contribution in [0.1, 0.15) is 41.8 Å². The minimum absolute atomic E-state index is 0.0631. The third-order valence-electron chi connectivity index (χ3n) is 2.70. The summed E-state index contributed by atoms with van der Waals surface area (Å²) in [5, 5.41) is 23.6. The Morgan fingerprint density at radius 2 is 2.10 bits per heavy atom. The third kappa shape index (κ3) is 2.86. The van der Waals surface area contributed by atoms with Gasteiger partial charge in [-0.05, 0) is 6.92 Å². The first kappa shape index (κ1) is 14.6. The molecular formula is C12H13N5O4. The molecule has 0 aliphatic rings. The second-order valence-electron chi connectivity index (χ2n) is 4.75. The van der Waals surface area contributed by atoms with Gasteiger partial charge >= 0.3 is 11.7 Å². The second-order valence-corrected chi connectivity index (χ2v) is 4.75. The maximum Gasteiger partial charge on any atom is 0.363 e. The van der Waals surface area contributed by atoms with Gasteiger partial charge in [0.25, 0.3) is 0 Å². The van der Waals surface area contributed by atoms with Crippen LogP contribution in [-0.4, -0.2) is 35.7 Å². The summed E-state index contributed by atoms with van der Waals surface area (Å²) >= 11 is 0. The van der Waals surface area contributed by atoms with E-state index in [2.05, 4.69) is 15.1 Å². The van der Waals surface area contributed by atoms with Crippen LogP contribution in [0.4, 0.5) is 5.69 Å². The van der Waals surface area contributed by atoms with Crippen LogP contribution in [0.2, 0.25) is 0 Å². The molecule has 0 saturated heterocycles. The molecule has 0 fully saturated rings. The highest BCUT2D eigenvalue weighted by molar-refractivity contribution is 5.89. The Balaban J connectivity index is 2.59. The zero-order valence-electron chi connectivity index (χ0n) is 11.6. The van der Waals surface area contributed by atoms with Crippen LogP contribution in [0.3, 0.4) is 0 Å². The molecule has 2 rings (SSSR count). The smallest absolute Gasteiger partial charge is 0.363 e. The van der Waals surface area contributed by atoms with Gasteiger partial charge in [0.15, 0.2) is 5.82 Å². The Labute approximate surface area is 119 Å². The quantitative estimate of drug-likeness (QED) is 0.671. The van der Waals surface area contributed by atoms with E-state index in [1.165, 1.54) is 0 Å². The summed E-state index contributed by atoms with van der Waals surface area (Å²) in [7, 11) is 0. The highest BCUT2D eigenvalue weighted by atomic mass is 16.6. The molecule has 110 valence electrons. The number of carboxylic acid groups (broad SMARTS) is 1. The first-order valence-electron chi connectivity index (χ1n) is 6.13. The number of carbonyl (C=O) groups is 1. The molecule has 9 heteroatoms. The van der Waals surface area contributed by atoms with Crippen molar-refractivity contribution in [3.63, 3.8) is 0 Å². The molecule has 2 heterocycles. The minimum Gasteiger partial charge on any atom is -0.476 e. The van der Waals surface area contributed by atoms with Crippen LogP contribution in [-0.2, 0) is 0 Å². The molecule has 0 radical (unpaired) electrons. The molecule has 0 spiro atoms. The average Bonchev–Trinajstić information content (AvgIpc) is 2.83. The topological polar surface area (TPSA) is 124 Å². The molecule has 0 saturated carbocycles. The van der Waals surface area contributed by atoms with E-state index in [-0.39, 0.29) is 5.92 Å². The lowest BCUT2D eigenvalue weighted by molar-refractivity contribution is -0.385. The van der Waals surface area contributed by atoms with Crippen LogP contribution >= 0.6 is 0 Å². The molecule has 9 nitrogen and oxygen atoms in total. The fourth-order valence-electron chi connectivity index (χ4n) is 1.72. The van der Waals surface area contributed by atoms with E-state index in [1.54, 1.807) is 13.0 Å². The normalized spacial score (nSPS) is 10.9. The molecule has 0 atom stereocenters. The Kier molecular flexibility index (Phi) is 3.66. The van der Waals surface area contributed by atoms with Crippen LogP contribution in [0, 0.1) is 17.0 Å². The molecule has 0 aliphatic heterocycles. The van der Waals surface area contributed by atoms with Gasteiger partial charge in [-0.3, -0.25) is 10.1 Å². The summed E-state index contributed by atoms with van der Waals surface area (Å²) < 4.78 is 1.09. The Hall–Kier alpha value is -2.84. The van der Waals surface area contributed by atoms with Gasteiger partial charge < -0.3 is 5.11 Å². The summed E-state index contributed by atoms with van der Waals surface area (Å²) in [5.41, 5.74) is -0.536. The maximum atomic E-state index is 11.0. The standard InChI is InChI=1S/C12H13N5O4/c1-6(2)11-13-7(3)4-9(14-11)16-5-8(17(20)21)10(15-16)12(18)19/h4-6H,1-3H3,(H,18,19). The van der Waals surface area contributed by atoms with Gasteiger partial charge in [0.05, 0.1) is 4.92 Å². The van der Waals surface area contributed by atoms with Crippen molar-refractivity contribution < 1.29 is 14.8 Å². The third-order valence-corrected chi connectivity index (χ3v) is 2.70. The number of aromatic carboxylic acids is 1. The number of aromatic nitrogens is 4. The lowest BCUT2D eigenvalue weighted by Crippen LogP contribution is -2.07. The fourth-order valence-corrected chi connectivity index (χ4v) is 1.72. The van der Waals surface area contributed by atoms with Crippen molar-refractivity contribution in [1.82, 2.24) is 19.7 Å². The maximum absolute atomic E-state index is 11.0. The Morgan fingerprint density at radius 3 is 2.57 bits per heavy atom. The van der Waals surface area contributed by atoms with Gasteiger partial charge in [-0.25, -0.2) is 19.4 Å². The van der Waals surface area contributed by atoms with E-state index in [1.807, 2.05) is 13.8 Å². The largest absolute Gasteiger partial charge is 0.476 e. The van der Waals surface area contributed by atoms with E-state index in [0.29, 0.717) is 17.3 Å². The van der Waals surface area contributed by atoms with Crippen molar-refractivity contribution in [1.29, 1.82) is 0 Å². The lowest BCUT2D eigenvalue weighted by atomic mass is 10.2. The minimum atomic E-state index is -1.46. The Bertz CT molecular complexity index is 691. The van der Waals surface area contributed by atoms with Crippen molar-refractivity contribution >= 4 is 11.7 Å². The van der Waals surface area contributed by atoms with E-state index in [9.17, 15) is 14.9 Å². The molecule has 2 aromatic heterocycles. The average molecular weight is 291 g/mol. The first-order valence-corrected chi connectivity index (χ1v) is 6.13. The number of nitrogens with zero attached hydrogens (tertiary/aromatic N) is 5. The van der Waals surface area contributed by atoms with Gasteiger partial charge in [-0.15, -0.1) is 0 Å². The molecule has 0 amide bonds. The van der Waals surface area contributed by atoms with Gasteiger partial charge in [0.1, 0.15) is 12.0 Å². The van der Waals surface area contributed by atoms with E-state index in [4.69, 9.17) is 5.11 Å². The number of nitro groups is 1. The molecule has 2 aromatic rings. The van der Waals surface area contributed by atoms with Crippen LogP contribution in [0.15, 0.2) is 12.3 Å². The van der Waals surface area contributed by atoms with Crippen molar-refractivity contribution in [2.24, 2.45) is 0 Å². The van der Waals surface area contributed by atoms with Crippen LogP contribution < -0.4 is 0 Å². The summed E-state index contributed by atoms with van der Waals surface area (Å²) in [6.45, 7) is 5.58. The summed E-state index contributed by atoms with van der Waals surface area (Å²) in [6, 6.07) is 1.58.